The van der Waals surface area contributed by atoms with Crippen LogP contribution in [0.3, 0.4) is 0 Å². The SMILES string of the molecule is COC(/C=C(C)/C=C/C=C(C)/C=C/C1=C(C)CCCC1(C)C)=Nc1ccc(O)cc1. The Kier molecular flexibility index (Phi) is 8.46. The largest absolute Gasteiger partial charge is 0.508 e. The number of benzene rings is 1. The predicted molar refractivity (Wildman–Crippen MR) is 128 cm³/mol. The normalized spacial score (nSPS) is 18.5. The summed E-state index contributed by atoms with van der Waals surface area (Å²) >= 11 is 0. The number of allylic oxidation sites excluding steroid dienone is 9. The molecule has 1 aromatic rings. The molecule has 0 spiro atoms. The van der Waals surface area contributed by atoms with Gasteiger partial charge >= 0.3 is 0 Å². The van der Waals surface area contributed by atoms with Gasteiger partial charge in [-0.15, -0.1) is 0 Å². The second-order valence-corrected chi connectivity index (χ2v) is 8.59. The molecule has 1 N–H and O–H groups in total. The summed E-state index contributed by atoms with van der Waals surface area (Å²) in [4.78, 5) is 4.44. The summed E-state index contributed by atoms with van der Waals surface area (Å²) in [6.07, 6.45) is 16.4. The van der Waals surface area contributed by atoms with Crippen molar-refractivity contribution in [1.82, 2.24) is 0 Å². The topological polar surface area (TPSA) is 41.8 Å². The summed E-state index contributed by atoms with van der Waals surface area (Å²) in [6.45, 7) is 11.1. The second-order valence-electron chi connectivity index (χ2n) is 8.59. The van der Waals surface area contributed by atoms with Gasteiger partial charge in [-0.1, -0.05) is 55.4 Å². The number of aromatic hydroxyl groups is 1. The Balaban J connectivity index is 2.06. The first kappa shape index (κ1) is 23.5. The van der Waals surface area contributed by atoms with Crippen molar-refractivity contribution in [3.05, 3.63) is 83.0 Å². The highest BCUT2D eigenvalue weighted by Crippen LogP contribution is 2.40. The molecule has 1 aromatic carbocycles. The van der Waals surface area contributed by atoms with Gasteiger partial charge < -0.3 is 9.84 Å². The summed E-state index contributed by atoms with van der Waals surface area (Å²) in [7, 11) is 1.60. The first-order chi connectivity index (χ1) is 14.2. The van der Waals surface area contributed by atoms with Crippen molar-refractivity contribution in [2.24, 2.45) is 10.4 Å². The van der Waals surface area contributed by atoms with E-state index in [2.05, 4.69) is 50.9 Å². The first-order valence-electron chi connectivity index (χ1n) is 10.5. The van der Waals surface area contributed by atoms with Crippen molar-refractivity contribution in [1.29, 1.82) is 0 Å². The van der Waals surface area contributed by atoms with Gasteiger partial charge in [0.15, 0.2) is 0 Å². The van der Waals surface area contributed by atoms with E-state index in [-0.39, 0.29) is 11.2 Å². The highest BCUT2D eigenvalue weighted by Gasteiger charge is 2.26. The average molecular weight is 406 g/mol. The fourth-order valence-corrected chi connectivity index (χ4v) is 3.67. The monoisotopic (exact) mass is 405 g/mol. The van der Waals surface area contributed by atoms with Crippen molar-refractivity contribution in [3.8, 4) is 5.75 Å². The third-order valence-electron chi connectivity index (χ3n) is 5.42. The molecule has 0 atom stereocenters. The molecule has 0 radical (unpaired) electrons. The summed E-state index contributed by atoms with van der Waals surface area (Å²) in [5.41, 5.74) is 6.25. The fraction of sp³-hybridized carbons (Fsp3) is 0.370. The third kappa shape index (κ3) is 7.22. The third-order valence-corrected chi connectivity index (χ3v) is 5.42. The van der Waals surface area contributed by atoms with E-state index in [0.29, 0.717) is 5.90 Å². The molecule has 1 aliphatic carbocycles. The van der Waals surface area contributed by atoms with Crippen LogP contribution in [0.1, 0.15) is 53.9 Å². The van der Waals surface area contributed by atoms with E-state index in [1.807, 2.05) is 25.2 Å². The molecule has 0 unspecified atom stereocenters. The van der Waals surface area contributed by atoms with E-state index in [9.17, 15) is 5.11 Å². The Hall–Kier alpha value is -2.81. The molecular weight excluding hydrogens is 370 g/mol. The van der Waals surface area contributed by atoms with Crippen LogP contribution in [0, 0.1) is 5.41 Å². The molecule has 30 heavy (non-hydrogen) atoms. The van der Waals surface area contributed by atoms with E-state index in [0.717, 1.165) is 11.3 Å². The quantitative estimate of drug-likeness (QED) is 0.301. The van der Waals surface area contributed by atoms with Crippen LogP contribution in [0.25, 0.3) is 0 Å². The lowest BCUT2D eigenvalue weighted by Gasteiger charge is -2.32. The van der Waals surface area contributed by atoms with Gasteiger partial charge in [-0.2, -0.15) is 0 Å². The molecule has 0 fully saturated rings. The predicted octanol–water partition coefficient (Wildman–Crippen LogP) is 7.60. The Bertz CT molecular complexity index is 907. The maximum absolute atomic E-state index is 9.37. The van der Waals surface area contributed by atoms with Gasteiger partial charge in [0.2, 0.25) is 5.90 Å². The summed E-state index contributed by atoms with van der Waals surface area (Å²) in [5, 5.41) is 9.37. The van der Waals surface area contributed by atoms with Crippen LogP contribution in [-0.4, -0.2) is 18.1 Å². The summed E-state index contributed by atoms with van der Waals surface area (Å²) in [6, 6.07) is 6.71. The number of phenolic OH excluding ortho intramolecular Hbond substituents is 1. The second kappa shape index (κ2) is 10.8. The number of phenols is 1. The van der Waals surface area contributed by atoms with E-state index in [1.54, 1.807) is 31.4 Å². The van der Waals surface area contributed by atoms with Gasteiger partial charge in [0.25, 0.3) is 0 Å². The van der Waals surface area contributed by atoms with E-state index < -0.39 is 0 Å². The molecule has 0 aliphatic heterocycles. The molecule has 0 saturated heterocycles. The van der Waals surface area contributed by atoms with Gasteiger partial charge in [-0.05, 0) is 80.9 Å². The maximum atomic E-state index is 9.37. The lowest BCUT2D eigenvalue weighted by Crippen LogP contribution is -2.19. The lowest BCUT2D eigenvalue weighted by atomic mass is 9.72. The number of methoxy groups -OCH3 is 1. The van der Waals surface area contributed by atoms with Crippen molar-refractivity contribution >= 4 is 11.6 Å². The van der Waals surface area contributed by atoms with Gasteiger partial charge in [-0.3, -0.25) is 0 Å². The zero-order valence-electron chi connectivity index (χ0n) is 19.2. The van der Waals surface area contributed by atoms with Crippen LogP contribution in [-0.2, 0) is 4.74 Å². The van der Waals surface area contributed by atoms with Crippen molar-refractivity contribution < 1.29 is 9.84 Å². The van der Waals surface area contributed by atoms with Crippen molar-refractivity contribution in [2.75, 3.05) is 7.11 Å². The van der Waals surface area contributed by atoms with Gasteiger partial charge in [-0.25, -0.2) is 4.99 Å². The van der Waals surface area contributed by atoms with Crippen molar-refractivity contribution in [3.63, 3.8) is 0 Å². The van der Waals surface area contributed by atoms with E-state index >= 15 is 0 Å². The minimum Gasteiger partial charge on any atom is -0.508 e. The van der Waals surface area contributed by atoms with E-state index in [1.165, 1.54) is 36.0 Å². The van der Waals surface area contributed by atoms with Crippen molar-refractivity contribution in [2.45, 2.75) is 53.9 Å². The van der Waals surface area contributed by atoms with E-state index in [4.69, 9.17) is 4.74 Å². The Morgan fingerprint density at radius 2 is 1.80 bits per heavy atom. The zero-order chi connectivity index (χ0) is 22.1. The zero-order valence-corrected chi connectivity index (χ0v) is 19.2. The standard InChI is InChI=1S/C27H35NO2/c1-20(12-17-25-22(3)11-8-18-27(25,4)5)9-7-10-21(2)19-26(30-6)28-23-13-15-24(29)16-14-23/h7,9-10,12-17,19,29H,8,11,18H2,1-6H3/b10-7+,17-12+,20-9+,21-19+,28-26?. The number of aliphatic imine (C=N–C) groups is 1. The molecule has 0 aromatic heterocycles. The van der Waals surface area contributed by atoms with Crippen LogP contribution in [0.5, 0.6) is 5.75 Å². The fourth-order valence-electron chi connectivity index (χ4n) is 3.67. The van der Waals surface area contributed by atoms with Crippen LogP contribution in [0.4, 0.5) is 5.69 Å². The van der Waals surface area contributed by atoms with Gasteiger partial charge in [0.05, 0.1) is 12.8 Å². The smallest absolute Gasteiger partial charge is 0.213 e. The molecule has 0 bridgehead atoms. The number of nitrogens with zero attached hydrogens (tertiary/aromatic N) is 1. The summed E-state index contributed by atoms with van der Waals surface area (Å²) in [5.74, 6) is 0.739. The molecular formula is C27H35NO2. The molecule has 0 amide bonds. The lowest BCUT2D eigenvalue weighted by molar-refractivity contribution is 0.377. The molecule has 1 aliphatic rings. The average Bonchev–Trinajstić information content (AvgIpc) is 2.68. The minimum absolute atomic E-state index is 0.220. The number of ether oxygens (including phenoxy) is 1. The Morgan fingerprint density at radius 1 is 1.10 bits per heavy atom. The van der Waals surface area contributed by atoms with Gasteiger partial charge in [0.1, 0.15) is 5.75 Å². The number of rotatable bonds is 6. The Morgan fingerprint density at radius 3 is 2.43 bits per heavy atom. The highest BCUT2D eigenvalue weighted by atomic mass is 16.5. The molecule has 0 heterocycles. The van der Waals surface area contributed by atoms with Crippen LogP contribution < -0.4 is 0 Å². The number of hydrogen-bond acceptors (Lipinski definition) is 3. The van der Waals surface area contributed by atoms with Gasteiger partial charge in [0, 0.05) is 6.08 Å². The van der Waals surface area contributed by atoms with Crippen LogP contribution >= 0.6 is 0 Å². The molecule has 3 nitrogen and oxygen atoms in total. The number of hydrogen-bond donors (Lipinski definition) is 1. The molecule has 0 saturated carbocycles. The highest BCUT2D eigenvalue weighted by molar-refractivity contribution is 5.90. The summed E-state index contributed by atoms with van der Waals surface area (Å²) < 4.78 is 5.36. The molecule has 160 valence electrons. The van der Waals surface area contributed by atoms with Crippen LogP contribution in [0.2, 0.25) is 0 Å². The Labute approximate surface area is 181 Å². The molecule has 2 rings (SSSR count). The molecule has 3 heteroatoms. The first-order valence-corrected chi connectivity index (χ1v) is 10.5. The van der Waals surface area contributed by atoms with Crippen LogP contribution in [0.15, 0.2) is 88.0 Å². The minimum atomic E-state index is 0.220. The maximum Gasteiger partial charge on any atom is 0.213 e.